The molecule has 2 aromatic carbocycles. The Kier molecular flexibility index (Phi) is 6.47. The molecule has 0 bridgehead atoms. The van der Waals surface area contributed by atoms with E-state index in [0.717, 1.165) is 48.5 Å². The first-order valence-corrected chi connectivity index (χ1v) is 9.52. The molecule has 0 atom stereocenters. The summed E-state index contributed by atoms with van der Waals surface area (Å²) in [5.41, 5.74) is 2.20. The molecule has 1 fully saturated rings. The minimum atomic E-state index is 0.0476. The van der Waals surface area contributed by atoms with E-state index in [4.69, 9.17) is 4.74 Å². The van der Waals surface area contributed by atoms with Crippen molar-refractivity contribution >= 4 is 27.9 Å². The standard InChI is InChI=1S/C21H23BrN2O2/c1-26-20-9-8-19(22)15-18(20)7-10-21(25)24-13-11-23(12-14-24)16-17-5-3-2-4-6-17/h2-10,15H,11-14,16H2,1H3/b10-7+. The first-order chi connectivity index (χ1) is 12.7. The Morgan fingerprint density at radius 3 is 2.54 bits per heavy atom. The van der Waals surface area contributed by atoms with Crippen LogP contribution in [0.2, 0.25) is 0 Å². The van der Waals surface area contributed by atoms with E-state index < -0.39 is 0 Å². The number of benzene rings is 2. The van der Waals surface area contributed by atoms with Crippen molar-refractivity contribution in [3.8, 4) is 5.75 Å². The molecule has 0 N–H and O–H groups in total. The molecule has 4 nitrogen and oxygen atoms in total. The second kappa shape index (κ2) is 9.01. The summed E-state index contributed by atoms with van der Waals surface area (Å²) < 4.78 is 6.30. The van der Waals surface area contributed by atoms with E-state index in [1.54, 1.807) is 13.2 Å². The van der Waals surface area contributed by atoms with Gasteiger partial charge in [0.05, 0.1) is 7.11 Å². The third kappa shape index (κ3) is 4.96. The quantitative estimate of drug-likeness (QED) is 0.697. The summed E-state index contributed by atoms with van der Waals surface area (Å²) in [6.45, 7) is 4.24. The molecule has 0 unspecified atom stereocenters. The number of amides is 1. The molecule has 26 heavy (non-hydrogen) atoms. The molecule has 1 aliphatic heterocycles. The van der Waals surface area contributed by atoms with Gasteiger partial charge in [-0.1, -0.05) is 46.3 Å². The van der Waals surface area contributed by atoms with E-state index in [2.05, 4.69) is 45.1 Å². The van der Waals surface area contributed by atoms with Crippen molar-refractivity contribution in [1.82, 2.24) is 9.80 Å². The number of nitrogens with zero attached hydrogens (tertiary/aromatic N) is 2. The van der Waals surface area contributed by atoms with E-state index >= 15 is 0 Å². The Bertz CT molecular complexity index is 769. The Morgan fingerprint density at radius 2 is 1.85 bits per heavy atom. The molecule has 0 spiro atoms. The molecule has 1 amide bonds. The zero-order valence-electron chi connectivity index (χ0n) is 14.9. The lowest BCUT2D eigenvalue weighted by molar-refractivity contribution is -0.127. The van der Waals surface area contributed by atoms with Crippen molar-refractivity contribution in [1.29, 1.82) is 0 Å². The van der Waals surface area contributed by atoms with Crippen LogP contribution in [0.4, 0.5) is 0 Å². The maximum absolute atomic E-state index is 12.5. The number of carbonyl (C=O) groups excluding carboxylic acids is 1. The summed E-state index contributed by atoms with van der Waals surface area (Å²) in [5.74, 6) is 0.802. The van der Waals surface area contributed by atoms with Crippen molar-refractivity contribution in [2.75, 3.05) is 33.3 Å². The van der Waals surface area contributed by atoms with Crippen LogP contribution in [0.15, 0.2) is 59.1 Å². The fourth-order valence-electron chi connectivity index (χ4n) is 3.07. The zero-order valence-corrected chi connectivity index (χ0v) is 16.5. The molecular weight excluding hydrogens is 392 g/mol. The normalized spacial score (nSPS) is 15.4. The summed E-state index contributed by atoms with van der Waals surface area (Å²) in [6, 6.07) is 16.2. The summed E-state index contributed by atoms with van der Waals surface area (Å²) in [5, 5.41) is 0. The fraction of sp³-hybridized carbons (Fsp3) is 0.286. The number of hydrogen-bond acceptors (Lipinski definition) is 3. The van der Waals surface area contributed by atoms with Crippen LogP contribution < -0.4 is 4.74 Å². The predicted molar refractivity (Wildman–Crippen MR) is 108 cm³/mol. The molecule has 3 rings (SSSR count). The van der Waals surface area contributed by atoms with Crippen LogP contribution in [0, 0.1) is 0 Å². The van der Waals surface area contributed by atoms with Gasteiger partial charge >= 0.3 is 0 Å². The molecular formula is C21H23BrN2O2. The highest BCUT2D eigenvalue weighted by atomic mass is 79.9. The Hall–Kier alpha value is -2.11. The molecule has 1 aliphatic rings. The first kappa shape index (κ1) is 18.7. The molecule has 0 aliphatic carbocycles. The maximum Gasteiger partial charge on any atom is 0.246 e. The van der Waals surface area contributed by atoms with Crippen molar-refractivity contribution in [3.05, 3.63) is 70.2 Å². The van der Waals surface area contributed by atoms with Crippen LogP contribution in [-0.4, -0.2) is 49.0 Å². The fourth-order valence-corrected chi connectivity index (χ4v) is 3.45. The molecule has 5 heteroatoms. The van der Waals surface area contributed by atoms with Gasteiger partial charge in [-0.2, -0.15) is 0 Å². The number of hydrogen-bond donors (Lipinski definition) is 0. The second-order valence-corrected chi connectivity index (χ2v) is 7.22. The van der Waals surface area contributed by atoms with E-state index in [1.807, 2.05) is 35.2 Å². The van der Waals surface area contributed by atoms with Crippen LogP contribution in [0.1, 0.15) is 11.1 Å². The number of ether oxygens (including phenoxy) is 1. The molecule has 1 saturated heterocycles. The molecule has 0 aromatic heterocycles. The van der Waals surface area contributed by atoms with E-state index in [9.17, 15) is 4.79 Å². The second-order valence-electron chi connectivity index (χ2n) is 6.31. The third-order valence-electron chi connectivity index (χ3n) is 4.53. The number of methoxy groups -OCH3 is 1. The monoisotopic (exact) mass is 414 g/mol. The summed E-state index contributed by atoms with van der Waals surface area (Å²) >= 11 is 3.45. The highest BCUT2D eigenvalue weighted by Crippen LogP contribution is 2.24. The molecule has 0 radical (unpaired) electrons. The molecule has 136 valence electrons. The average molecular weight is 415 g/mol. The lowest BCUT2D eigenvalue weighted by atomic mass is 10.1. The molecule has 1 heterocycles. The smallest absolute Gasteiger partial charge is 0.246 e. The van der Waals surface area contributed by atoms with Gasteiger partial charge in [0.2, 0.25) is 5.91 Å². The third-order valence-corrected chi connectivity index (χ3v) is 5.02. The lowest BCUT2D eigenvalue weighted by Crippen LogP contribution is -2.47. The van der Waals surface area contributed by atoms with Crippen molar-refractivity contribution < 1.29 is 9.53 Å². The van der Waals surface area contributed by atoms with Gasteiger partial charge in [0.1, 0.15) is 5.75 Å². The predicted octanol–water partition coefficient (Wildman–Crippen LogP) is 3.82. The van der Waals surface area contributed by atoms with E-state index in [1.165, 1.54) is 5.56 Å². The van der Waals surface area contributed by atoms with Gasteiger partial charge in [0, 0.05) is 48.8 Å². The van der Waals surface area contributed by atoms with E-state index in [-0.39, 0.29) is 5.91 Å². The minimum Gasteiger partial charge on any atom is -0.496 e. The first-order valence-electron chi connectivity index (χ1n) is 8.72. The van der Waals surface area contributed by atoms with Crippen LogP contribution in [0.5, 0.6) is 5.75 Å². The van der Waals surface area contributed by atoms with Gasteiger partial charge in [-0.25, -0.2) is 0 Å². The Labute approximate surface area is 163 Å². The zero-order chi connectivity index (χ0) is 18.4. The van der Waals surface area contributed by atoms with Crippen LogP contribution in [0.25, 0.3) is 6.08 Å². The maximum atomic E-state index is 12.5. The minimum absolute atomic E-state index is 0.0476. The van der Waals surface area contributed by atoms with Crippen molar-refractivity contribution in [2.45, 2.75) is 6.54 Å². The van der Waals surface area contributed by atoms with Gasteiger partial charge < -0.3 is 9.64 Å². The van der Waals surface area contributed by atoms with Crippen LogP contribution in [-0.2, 0) is 11.3 Å². The summed E-state index contributed by atoms with van der Waals surface area (Å²) in [6.07, 6.45) is 3.46. The number of halogens is 1. The molecule has 2 aromatic rings. The van der Waals surface area contributed by atoms with Crippen LogP contribution >= 0.6 is 15.9 Å². The summed E-state index contributed by atoms with van der Waals surface area (Å²) in [4.78, 5) is 16.8. The Morgan fingerprint density at radius 1 is 1.12 bits per heavy atom. The average Bonchev–Trinajstić information content (AvgIpc) is 2.67. The van der Waals surface area contributed by atoms with E-state index in [0.29, 0.717) is 0 Å². The topological polar surface area (TPSA) is 32.8 Å². The number of rotatable bonds is 5. The summed E-state index contributed by atoms with van der Waals surface area (Å²) in [7, 11) is 1.63. The number of piperazine rings is 1. The lowest BCUT2D eigenvalue weighted by Gasteiger charge is -2.34. The Balaban J connectivity index is 1.54. The van der Waals surface area contributed by atoms with Gasteiger partial charge in [-0.05, 0) is 29.8 Å². The van der Waals surface area contributed by atoms with Crippen molar-refractivity contribution in [2.24, 2.45) is 0 Å². The van der Waals surface area contributed by atoms with Crippen LogP contribution in [0.3, 0.4) is 0 Å². The largest absolute Gasteiger partial charge is 0.496 e. The number of carbonyl (C=O) groups is 1. The highest BCUT2D eigenvalue weighted by Gasteiger charge is 2.19. The molecule has 0 saturated carbocycles. The van der Waals surface area contributed by atoms with Gasteiger partial charge in [-0.3, -0.25) is 9.69 Å². The SMILES string of the molecule is COc1ccc(Br)cc1/C=C/C(=O)N1CCN(Cc2ccccc2)CC1. The van der Waals surface area contributed by atoms with Crippen molar-refractivity contribution in [3.63, 3.8) is 0 Å². The van der Waals surface area contributed by atoms with Gasteiger partial charge in [0.25, 0.3) is 0 Å². The van der Waals surface area contributed by atoms with Gasteiger partial charge in [0.15, 0.2) is 0 Å². The highest BCUT2D eigenvalue weighted by molar-refractivity contribution is 9.10. The van der Waals surface area contributed by atoms with Gasteiger partial charge in [-0.15, -0.1) is 0 Å².